The largest absolute Gasteiger partial charge is 0.469 e. The van der Waals surface area contributed by atoms with E-state index < -0.39 is 0 Å². The monoisotopic (exact) mass is 247 g/mol. The number of ether oxygens (including phenoxy) is 1. The lowest BCUT2D eigenvalue weighted by Gasteiger charge is -2.04. The first kappa shape index (κ1) is 12.6. The standard InChI is InChI=1S/C14H17NO3/c1-18-13(16)7-8-15-14(17)12-9-11(12)10-5-3-2-4-6-10/h2-6,11-12H,7-9H2,1H3,(H,15,17). The van der Waals surface area contributed by atoms with Crippen LogP contribution < -0.4 is 5.32 Å². The fourth-order valence-corrected chi connectivity index (χ4v) is 2.07. The van der Waals surface area contributed by atoms with Crippen LogP contribution in [0.1, 0.15) is 24.3 Å². The fourth-order valence-electron chi connectivity index (χ4n) is 2.07. The van der Waals surface area contributed by atoms with Gasteiger partial charge in [0.05, 0.1) is 13.5 Å². The molecule has 1 saturated carbocycles. The molecule has 4 nitrogen and oxygen atoms in total. The van der Waals surface area contributed by atoms with Gasteiger partial charge in [-0.3, -0.25) is 9.59 Å². The van der Waals surface area contributed by atoms with Crippen molar-refractivity contribution in [2.24, 2.45) is 5.92 Å². The van der Waals surface area contributed by atoms with Gasteiger partial charge in [0.25, 0.3) is 0 Å². The van der Waals surface area contributed by atoms with Crippen LogP contribution in [0, 0.1) is 5.92 Å². The average molecular weight is 247 g/mol. The molecule has 1 fully saturated rings. The molecule has 4 heteroatoms. The highest BCUT2D eigenvalue weighted by molar-refractivity contribution is 5.83. The summed E-state index contributed by atoms with van der Waals surface area (Å²) in [4.78, 5) is 22.7. The molecule has 18 heavy (non-hydrogen) atoms. The third kappa shape index (κ3) is 3.09. The molecule has 1 aliphatic rings. The zero-order chi connectivity index (χ0) is 13.0. The summed E-state index contributed by atoms with van der Waals surface area (Å²) in [7, 11) is 1.34. The molecule has 0 bridgehead atoms. The minimum atomic E-state index is -0.300. The molecular formula is C14H17NO3. The number of nitrogens with one attached hydrogen (secondary N) is 1. The third-order valence-electron chi connectivity index (χ3n) is 3.21. The Morgan fingerprint density at radius 1 is 1.33 bits per heavy atom. The summed E-state index contributed by atoms with van der Waals surface area (Å²) < 4.78 is 4.51. The van der Waals surface area contributed by atoms with E-state index in [9.17, 15) is 9.59 Å². The number of hydrogen-bond acceptors (Lipinski definition) is 3. The Balaban J connectivity index is 1.74. The van der Waals surface area contributed by atoms with Crippen molar-refractivity contribution in [2.45, 2.75) is 18.8 Å². The van der Waals surface area contributed by atoms with Crippen molar-refractivity contribution >= 4 is 11.9 Å². The zero-order valence-electron chi connectivity index (χ0n) is 10.4. The SMILES string of the molecule is COC(=O)CCNC(=O)C1CC1c1ccccc1. The lowest BCUT2D eigenvalue weighted by atomic mass is 10.1. The first-order chi connectivity index (χ1) is 8.72. The average Bonchev–Trinajstić information content (AvgIpc) is 3.19. The minimum absolute atomic E-state index is 0.0350. The van der Waals surface area contributed by atoms with E-state index in [2.05, 4.69) is 10.1 Å². The van der Waals surface area contributed by atoms with Gasteiger partial charge in [0.2, 0.25) is 5.91 Å². The highest BCUT2D eigenvalue weighted by Crippen LogP contribution is 2.47. The first-order valence-corrected chi connectivity index (χ1v) is 6.12. The molecular weight excluding hydrogens is 230 g/mol. The van der Waals surface area contributed by atoms with Gasteiger partial charge in [-0.25, -0.2) is 0 Å². The normalized spacial score (nSPS) is 21.2. The van der Waals surface area contributed by atoms with Crippen LogP contribution >= 0.6 is 0 Å². The van der Waals surface area contributed by atoms with Crippen LogP contribution in [-0.4, -0.2) is 25.5 Å². The third-order valence-corrected chi connectivity index (χ3v) is 3.21. The summed E-state index contributed by atoms with van der Waals surface area (Å²) in [5.41, 5.74) is 1.21. The van der Waals surface area contributed by atoms with Crippen molar-refractivity contribution in [2.75, 3.05) is 13.7 Å². The van der Waals surface area contributed by atoms with Crippen molar-refractivity contribution in [1.29, 1.82) is 0 Å². The molecule has 0 heterocycles. The second-order valence-electron chi connectivity index (χ2n) is 4.48. The number of carbonyl (C=O) groups is 2. The van der Waals surface area contributed by atoms with Gasteiger partial charge in [-0.1, -0.05) is 30.3 Å². The second-order valence-corrected chi connectivity index (χ2v) is 4.48. The van der Waals surface area contributed by atoms with Gasteiger partial charge in [-0.15, -0.1) is 0 Å². The number of methoxy groups -OCH3 is 1. The highest BCUT2D eigenvalue weighted by Gasteiger charge is 2.43. The summed E-state index contributed by atoms with van der Waals surface area (Å²) in [6.45, 7) is 0.351. The van der Waals surface area contributed by atoms with Crippen LogP contribution in [0.4, 0.5) is 0 Å². The van der Waals surface area contributed by atoms with Crippen LogP contribution in [0.3, 0.4) is 0 Å². The lowest BCUT2D eigenvalue weighted by Crippen LogP contribution is -2.28. The molecule has 0 aliphatic heterocycles. The van der Waals surface area contributed by atoms with Gasteiger partial charge in [0.15, 0.2) is 0 Å². The van der Waals surface area contributed by atoms with Crippen LogP contribution in [0.5, 0.6) is 0 Å². The minimum Gasteiger partial charge on any atom is -0.469 e. The zero-order valence-corrected chi connectivity index (χ0v) is 10.4. The van der Waals surface area contributed by atoms with Gasteiger partial charge < -0.3 is 10.1 Å². The van der Waals surface area contributed by atoms with Gasteiger partial charge >= 0.3 is 5.97 Å². The van der Waals surface area contributed by atoms with Crippen molar-refractivity contribution in [3.05, 3.63) is 35.9 Å². The van der Waals surface area contributed by atoms with Crippen molar-refractivity contribution in [1.82, 2.24) is 5.32 Å². The maximum atomic E-state index is 11.8. The number of benzene rings is 1. The molecule has 1 N–H and O–H groups in total. The van der Waals surface area contributed by atoms with Gasteiger partial charge in [0, 0.05) is 12.5 Å². The van der Waals surface area contributed by atoms with E-state index in [0.29, 0.717) is 12.5 Å². The summed E-state index contributed by atoms with van der Waals surface area (Å²) in [6.07, 6.45) is 1.12. The number of rotatable bonds is 5. The molecule has 2 unspecified atom stereocenters. The van der Waals surface area contributed by atoms with E-state index in [1.54, 1.807) is 0 Å². The van der Waals surface area contributed by atoms with Crippen LogP contribution in [-0.2, 0) is 14.3 Å². The second kappa shape index (κ2) is 5.67. The van der Waals surface area contributed by atoms with Crippen LogP contribution in [0.2, 0.25) is 0 Å². The van der Waals surface area contributed by atoms with Crippen LogP contribution in [0.15, 0.2) is 30.3 Å². The van der Waals surface area contributed by atoms with E-state index >= 15 is 0 Å². The Hall–Kier alpha value is -1.84. The Morgan fingerprint density at radius 2 is 2.06 bits per heavy atom. The molecule has 2 atom stereocenters. The number of amides is 1. The molecule has 0 spiro atoms. The molecule has 2 rings (SSSR count). The van der Waals surface area contributed by atoms with E-state index in [-0.39, 0.29) is 24.2 Å². The predicted molar refractivity (Wildman–Crippen MR) is 66.9 cm³/mol. The van der Waals surface area contributed by atoms with Crippen molar-refractivity contribution < 1.29 is 14.3 Å². The Kier molecular flexibility index (Phi) is 3.97. The summed E-state index contributed by atoms with van der Waals surface area (Å²) in [5, 5.41) is 2.77. The van der Waals surface area contributed by atoms with E-state index in [1.807, 2.05) is 30.3 Å². The predicted octanol–water partition coefficient (Wildman–Crippen LogP) is 1.47. The summed E-state index contributed by atoms with van der Waals surface area (Å²) in [5.74, 6) is 0.132. The number of hydrogen-bond donors (Lipinski definition) is 1. The summed E-state index contributed by atoms with van der Waals surface area (Å²) >= 11 is 0. The maximum absolute atomic E-state index is 11.8. The number of esters is 1. The van der Waals surface area contributed by atoms with E-state index in [4.69, 9.17) is 0 Å². The van der Waals surface area contributed by atoms with E-state index in [1.165, 1.54) is 12.7 Å². The molecule has 1 aromatic carbocycles. The lowest BCUT2D eigenvalue weighted by molar-refractivity contribution is -0.140. The molecule has 1 aromatic rings. The number of carbonyl (C=O) groups excluding carboxylic acids is 2. The Bertz CT molecular complexity index is 430. The summed E-state index contributed by atoms with van der Waals surface area (Å²) in [6, 6.07) is 10.0. The Morgan fingerprint density at radius 3 is 2.72 bits per heavy atom. The molecule has 0 radical (unpaired) electrons. The highest BCUT2D eigenvalue weighted by atomic mass is 16.5. The quantitative estimate of drug-likeness (QED) is 0.802. The van der Waals surface area contributed by atoms with Gasteiger partial charge in [0.1, 0.15) is 0 Å². The van der Waals surface area contributed by atoms with Crippen LogP contribution in [0.25, 0.3) is 0 Å². The fraction of sp³-hybridized carbons (Fsp3) is 0.429. The molecule has 1 amide bonds. The molecule has 96 valence electrons. The van der Waals surface area contributed by atoms with Crippen molar-refractivity contribution in [3.63, 3.8) is 0 Å². The molecule has 0 saturated heterocycles. The van der Waals surface area contributed by atoms with Gasteiger partial charge in [-0.2, -0.15) is 0 Å². The van der Waals surface area contributed by atoms with Crippen molar-refractivity contribution in [3.8, 4) is 0 Å². The smallest absolute Gasteiger partial charge is 0.307 e. The van der Waals surface area contributed by atoms with Gasteiger partial charge in [-0.05, 0) is 17.9 Å². The molecule has 0 aromatic heterocycles. The molecule has 1 aliphatic carbocycles. The first-order valence-electron chi connectivity index (χ1n) is 6.12. The topological polar surface area (TPSA) is 55.4 Å². The maximum Gasteiger partial charge on any atom is 0.307 e. The van der Waals surface area contributed by atoms with E-state index in [0.717, 1.165) is 6.42 Å². The Labute approximate surface area is 106 Å².